The van der Waals surface area contributed by atoms with Crippen molar-refractivity contribution in [3.05, 3.63) is 23.7 Å². The zero-order valence-corrected chi connectivity index (χ0v) is 13.3. The molecule has 4 heteroatoms. The van der Waals surface area contributed by atoms with E-state index in [4.69, 9.17) is 4.42 Å². The first-order valence-corrected chi connectivity index (χ1v) is 8.10. The standard InChI is InChI=1S/C15H26N2OS/c1-12(2)16-9-13-5-7-18-14(13)10-17-6-8-19-15(3,4)11-17/h5,7,12,16H,6,8-11H2,1-4H3. The lowest BCUT2D eigenvalue weighted by molar-refractivity contribution is 0.231. The highest BCUT2D eigenvalue weighted by Crippen LogP contribution is 2.30. The smallest absolute Gasteiger partial charge is 0.122 e. The van der Waals surface area contributed by atoms with Crippen LogP contribution in [0.3, 0.4) is 0 Å². The number of furan rings is 1. The molecule has 0 radical (unpaired) electrons. The molecular formula is C15H26N2OS. The van der Waals surface area contributed by atoms with Gasteiger partial charge in [0.15, 0.2) is 0 Å². The summed E-state index contributed by atoms with van der Waals surface area (Å²) in [4.78, 5) is 2.51. The molecule has 0 unspecified atom stereocenters. The van der Waals surface area contributed by atoms with Crippen molar-refractivity contribution in [2.75, 3.05) is 18.8 Å². The fourth-order valence-electron chi connectivity index (χ4n) is 2.43. The van der Waals surface area contributed by atoms with Crippen LogP contribution in [-0.4, -0.2) is 34.5 Å². The van der Waals surface area contributed by atoms with Gasteiger partial charge in [0.1, 0.15) is 5.76 Å². The van der Waals surface area contributed by atoms with Gasteiger partial charge in [-0.25, -0.2) is 0 Å². The summed E-state index contributed by atoms with van der Waals surface area (Å²) in [6, 6.07) is 2.60. The zero-order valence-electron chi connectivity index (χ0n) is 12.5. The lowest BCUT2D eigenvalue weighted by Crippen LogP contribution is -2.42. The van der Waals surface area contributed by atoms with Gasteiger partial charge in [-0.1, -0.05) is 13.8 Å². The molecule has 1 fully saturated rings. The minimum Gasteiger partial charge on any atom is -0.468 e. The second-order valence-electron chi connectivity index (χ2n) is 6.22. The van der Waals surface area contributed by atoms with E-state index in [9.17, 15) is 0 Å². The quantitative estimate of drug-likeness (QED) is 0.898. The fraction of sp³-hybridized carbons (Fsp3) is 0.733. The fourth-order valence-corrected chi connectivity index (χ4v) is 3.61. The summed E-state index contributed by atoms with van der Waals surface area (Å²) in [5.41, 5.74) is 1.30. The van der Waals surface area contributed by atoms with Crippen LogP contribution in [0.5, 0.6) is 0 Å². The minimum absolute atomic E-state index is 0.362. The summed E-state index contributed by atoms with van der Waals surface area (Å²) >= 11 is 2.07. The number of nitrogens with zero attached hydrogens (tertiary/aromatic N) is 1. The number of rotatable bonds is 5. The topological polar surface area (TPSA) is 28.4 Å². The van der Waals surface area contributed by atoms with Crippen molar-refractivity contribution in [3.8, 4) is 0 Å². The van der Waals surface area contributed by atoms with E-state index >= 15 is 0 Å². The van der Waals surface area contributed by atoms with Gasteiger partial charge in [-0.3, -0.25) is 4.90 Å². The molecule has 1 aliphatic rings. The van der Waals surface area contributed by atoms with Crippen molar-refractivity contribution < 1.29 is 4.42 Å². The minimum atomic E-state index is 0.362. The number of hydrogen-bond acceptors (Lipinski definition) is 4. The average molecular weight is 282 g/mol. The molecule has 2 rings (SSSR count). The Morgan fingerprint density at radius 2 is 2.26 bits per heavy atom. The molecular weight excluding hydrogens is 256 g/mol. The van der Waals surface area contributed by atoms with Gasteiger partial charge in [0.2, 0.25) is 0 Å². The Morgan fingerprint density at radius 1 is 1.47 bits per heavy atom. The van der Waals surface area contributed by atoms with Crippen molar-refractivity contribution in [3.63, 3.8) is 0 Å². The molecule has 108 valence electrons. The predicted molar refractivity (Wildman–Crippen MR) is 82.5 cm³/mol. The van der Waals surface area contributed by atoms with Gasteiger partial charge in [0.05, 0.1) is 12.8 Å². The molecule has 1 aromatic rings. The summed E-state index contributed by atoms with van der Waals surface area (Å²) < 4.78 is 6.04. The Morgan fingerprint density at radius 3 is 2.95 bits per heavy atom. The first-order valence-electron chi connectivity index (χ1n) is 7.11. The molecule has 1 saturated heterocycles. The third-order valence-corrected chi connectivity index (χ3v) is 4.71. The molecule has 19 heavy (non-hydrogen) atoms. The number of nitrogens with one attached hydrogen (secondary N) is 1. The maximum atomic E-state index is 5.68. The lowest BCUT2D eigenvalue weighted by Gasteiger charge is -2.37. The van der Waals surface area contributed by atoms with Gasteiger partial charge in [0, 0.05) is 41.7 Å². The van der Waals surface area contributed by atoms with Crippen molar-refractivity contribution in [2.45, 2.75) is 51.6 Å². The Bertz CT molecular complexity index is 401. The van der Waals surface area contributed by atoms with E-state index in [0.29, 0.717) is 10.8 Å². The van der Waals surface area contributed by atoms with E-state index in [1.54, 1.807) is 0 Å². The van der Waals surface area contributed by atoms with Gasteiger partial charge in [0.25, 0.3) is 0 Å². The van der Waals surface area contributed by atoms with Gasteiger partial charge in [-0.2, -0.15) is 11.8 Å². The molecule has 0 spiro atoms. The summed E-state index contributed by atoms with van der Waals surface area (Å²) in [6.45, 7) is 13.1. The van der Waals surface area contributed by atoms with E-state index in [2.05, 4.69) is 55.7 Å². The molecule has 0 aliphatic carbocycles. The monoisotopic (exact) mass is 282 g/mol. The predicted octanol–water partition coefficient (Wildman–Crippen LogP) is 3.11. The van der Waals surface area contributed by atoms with Crippen molar-refractivity contribution in [2.24, 2.45) is 0 Å². The molecule has 1 aliphatic heterocycles. The lowest BCUT2D eigenvalue weighted by atomic mass is 10.1. The summed E-state index contributed by atoms with van der Waals surface area (Å²) in [7, 11) is 0. The summed E-state index contributed by atoms with van der Waals surface area (Å²) in [5.74, 6) is 2.34. The van der Waals surface area contributed by atoms with Crippen LogP contribution in [-0.2, 0) is 13.1 Å². The highest BCUT2D eigenvalue weighted by Gasteiger charge is 2.27. The summed E-state index contributed by atoms with van der Waals surface area (Å²) in [6.07, 6.45) is 1.82. The van der Waals surface area contributed by atoms with Crippen LogP contribution in [0, 0.1) is 0 Å². The molecule has 0 atom stereocenters. The van der Waals surface area contributed by atoms with E-state index < -0.39 is 0 Å². The second-order valence-corrected chi connectivity index (χ2v) is 8.03. The molecule has 1 N–H and O–H groups in total. The molecule has 0 saturated carbocycles. The normalized spacial score (nSPS) is 20.1. The first kappa shape index (κ1) is 14.9. The van der Waals surface area contributed by atoms with Gasteiger partial charge < -0.3 is 9.73 Å². The van der Waals surface area contributed by atoms with Crippen LogP contribution >= 0.6 is 11.8 Å². The number of hydrogen-bond donors (Lipinski definition) is 1. The third-order valence-electron chi connectivity index (χ3n) is 3.41. The van der Waals surface area contributed by atoms with Crippen LogP contribution in [0.1, 0.15) is 39.0 Å². The first-order chi connectivity index (χ1) is 8.96. The van der Waals surface area contributed by atoms with E-state index in [-0.39, 0.29) is 0 Å². The Labute approximate surface area is 121 Å². The largest absolute Gasteiger partial charge is 0.468 e. The van der Waals surface area contributed by atoms with Crippen molar-refractivity contribution >= 4 is 11.8 Å². The molecule has 0 aromatic carbocycles. The maximum Gasteiger partial charge on any atom is 0.122 e. The van der Waals surface area contributed by atoms with Gasteiger partial charge >= 0.3 is 0 Å². The third kappa shape index (κ3) is 4.55. The molecule has 1 aromatic heterocycles. The van der Waals surface area contributed by atoms with Crippen LogP contribution in [0.2, 0.25) is 0 Å². The zero-order chi connectivity index (χ0) is 13.9. The van der Waals surface area contributed by atoms with Crippen LogP contribution in [0.15, 0.2) is 16.7 Å². The molecule has 2 heterocycles. The van der Waals surface area contributed by atoms with Crippen LogP contribution in [0.4, 0.5) is 0 Å². The summed E-state index contributed by atoms with van der Waals surface area (Å²) in [5, 5.41) is 3.46. The van der Waals surface area contributed by atoms with E-state index in [1.165, 1.54) is 11.3 Å². The maximum absolute atomic E-state index is 5.68. The van der Waals surface area contributed by atoms with Gasteiger partial charge in [-0.15, -0.1) is 0 Å². The highest BCUT2D eigenvalue weighted by atomic mass is 32.2. The molecule has 0 amide bonds. The van der Waals surface area contributed by atoms with Gasteiger partial charge in [-0.05, 0) is 19.9 Å². The average Bonchev–Trinajstić information content (AvgIpc) is 2.72. The van der Waals surface area contributed by atoms with E-state index in [1.807, 2.05) is 6.26 Å². The molecule has 3 nitrogen and oxygen atoms in total. The van der Waals surface area contributed by atoms with Crippen LogP contribution < -0.4 is 5.32 Å². The Balaban J connectivity index is 1.93. The number of thioether (sulfide) groups is 1. The van der Waals surface area contributed by atoms with Crippen molar-refractivity contribution in [1.29, 1.82) is 0 Å². The molecule has 0 bridgehead atoms. The SMILES string of the molecule is CC(C)NCc1ccoc1CN1CCSC(C)(C)C1. The Hall–Kier alpha value is -0.450. The van der Waals surface area contributed by atoms with Crippen LogP contribution in [0.25, 0.3) is 0 Å². The highest BCUT2D eigenvalue weighted by molar-refractivity contribution is 8.00. The Kier molecular flexibility index (Phi) is 4.98. The van der Waals surface area contributed by atoms with E-state index in [0.717, 1.165) is 31.9 Å². The second kappa shape index (κ2) is 6.33. The van der Waals surface area contributed by atoms with Crippen molar-refractivity contribution in [1.82, 2.24) is 10.2 Å².